The molecule has 0 saturated heterocycles. The normalized spacial score (nSPS) is 11.7. The molecule has 6 N–H and O–H groups in total. The van der Waals surface area contributed by atoms with Gasteiger partial charge in [0.15, 0.2) is 27.4 Å². The van der Waals surface area contributed by atoms with E-state index in [0.29, 0.717) is 28.3 Å². The number of carbonyl (C=O) groups is 2. The van der Waals surface area contributed by atoms with Gasteiger partial charge in [0.25, 0.3) is 11.8 Å². The number of anilines is 6. The number of aromatic nitrogens is 6. The number of carbonyl (C=O) groups excluding carboxylic acids is 2. The van der Waals surface area contributed by atoms with Crippen molar-refractivity contribution in [2.24, 2.45) is 0 Å². The van der Waals surface area contributed by atoms with Gasteiger partial charge in [-0.2, -0.15) is 31.8 Å². The summed E-state index contributed by atoms with van der Waals surface area (Å²) in [5.41, 5.74) is 7.24. The molecule has 9 rings (SSSR count). The summed E-state index contributed by atoms with van der Waals surface area (Å²) in [5.74, 6) is -1.22. The van der Waals surface area contributed by atoms with Crippen molar-refractivity contribution in [3.8, 4) is 28.5 Å². The fraction of sp³-hybridized carbons (Fsp3) is 0.0476. The number of para-hydroxylation sites is 2. The Morgan fingerprint density at radius 1 is 0.672 bits per heavy atom. The van der Waals surface area contributed by atoms with Crippen LogP contribution < -0.4 is 32.0 Å². The maximum absolute atomic E-state index is 14.3. The molecule has 0 aliphatic rings. The average Bonchev–Trinajstić information content (AvgIpc) is 4.09. The minimum Gasteiger partial charge on any atom is -0.397 e. The van der Waals surface area contributed by atoms with Gasteiger partial charge >= 0.3 is 12.4 Å². The van der Waals surface area contributed by atoms with Crippen LogP contribution in [0.1, 0.15) is 32.1 Å². The Kier molecular flexibility index (Phi) is 10.5. The second-order valence-electron chi connectivity index (χ2n) is 13.5. The third kappa shape index (κ3) is 8.39. The summed E-state index contributed by atoms with van der Waals surface area (Å²) >= 11 is 2.08. The van der Waals surface area contributed by atoms with Gasteiger partial charge in [0.05, 0.1) is 28.8 Å². The first kappa shape index (κ1) is 41.2. The highest BCUT2D eigenvalue weighted by Gasteiger charge is 2.40. The number of hydrogen-bond donors (Lipinski definition) is 5. The maximum atomic E-state index is 14.3. The highest BCUT2D eigenvalue weighted by Crippen LogP contribution is 2.40. The van der Waals surface area contributed by atoms with E-state index >= 15 is 0 Å². The van der Waals surface area contributed by atoms with Gasteiger partial charge in [0, 0.05) is 28.2 Å². The van der Waals surface area contributed by atoms with Gasteiger partial charge in [0.2, 0.25) is 0 Å². The molecule has 0 atom stereocenters. The van der Waals surface area contributed by atoms with E-state index in [1.807, 2.05) is 0 Å². The first-order chi connectivity index (χ1) is 30.7. The second kappa shape index (κ2) is 16.3. The van der Waals surface area contributed by atoms with Crippen LogP contribution in [-0.4, -0.2) is 40.6 Å². The lowest BCUT2D eigenvalue weighted by Crippen LogP contribution is -2.26. The molecule has 0 fully saturated rings. The molecule has 320 valence electrons. The van der Waals surface area contributed by atoms with Gasteiger partial charge in [-0.3, -0.25) is 18.4 Å². The van der Waals surface area contributed by atoms with Crippen molar-refractivity contribution >= 4 is 78.8 Å². The van der Waals surface area contributed by atoms with E-state index < -0.39 is 35.6 Å². The first-order valence-electron chi connectivity index (χ1n) is 18.4. The van der Waals surface area contributed by atoms with E-state index in [-0.39, 0.29) is 55.6 Å². The number of rotatable bonds is 11. The number of nitrogens with one attached hydrogen (secondary N) is 4. The zero-order chi connectivity index (χ0) is 44.8. The Morgan fingerprint density at radius 3 is 1.97 bits per heavy atom. The number of amides is 2. The first-order valence-corrected chi connectivity index (χ1v) is 20.2. The van der Waals surface area contributed by atoms with Crippen LogP contribution >= 0.6 is 22.7 Å². The number of hydroxylamine groups is 1. The SMILES string of the molecule is Nc1ccccc1NC(=O)c1ccc(Nc2nc(-c3c(C(F)(F)F)nc4ccc(ONC(=O)c5c#cc(Nc6nc(-c7c(C(F)(F)F)nc8ccccn78)cs6)cc5)cn34)cs2)cc1. The number of pyridine rings is 2. The molecule has 2 amide bonds. The fourth-order valence-electron chi connectivity index (χ4n) is 6.35. The number of halogens is 6. The van der Waals surface area contributed by atoms with Crippen LogP contribution in [0.15, 0.2) is 114 Å². The largest absolute Gasteiger partial charge is 0.435 e. The van der Waals surface area contributed by atoms with Crippen molar-refractivity contribution in [3.63, 3.8) is 0 Å². The molecule has 0 aliphatic heterocycles. The second-order valence-corrected chi connectivity index (χ2v) is 15.2. The number of imidazole rings is 2. The average molecular weight is 910 g/mol. The lowest BCUT2D eigenvalue weighted by molar-refractivity contribution is -0.141. The number of nitrogens with zero attached hydrogens (tertiary/aromatic N) is 6. The van der Waals surface area contributed by atoms with E-state index in [2.05, 4.69) is 53.5 Å². The molecule has 0 bridgehead atoms. The number of nitrogen functional groups attached to an aromatic ring is 1. The van der Waals surface area contributed by atoms with E-state index in [1.165, 1.54) is 57.9 Å². The summed E-state index contributed by atoms with van der Waals surface area (Å²) in [7, 11) is 0. The zero-order valence-electron chi connectivity index (χ0n) is 32.0. The van der Waals surface area contributed by atoms with Crippen LogP contribution in [0.3, 0.4) is 0 Å². The highest BCUT2D eigenvalue weighted by molar-refractivity contribution is 7.14. The molecule has 0 radical (unpaired) electrons. The number of thiazole rings is 2. The molecule has 0 unspecified atom stereocenters. The van der Waals surface area contributed by atoms with E-state index in [4.69, 9.17) is 10.6 Å². The molecule has 14 nitrogen and oxygen atoms in total. The highest BCUT2D eigenvalue weighted by atomic mass is 32.1. The topological polar surface area (TPSA) is 178 Å². The Morgan fingerprint density at radius 2 is 1.31 bits per heavy atom. The number of nitrogens with two attached hydrogens (primary N) is 1. The fourth-order valence-corrected chi connectivity index (χ4v) is 7.77. The monoisotopic (exact) mass is 909 g/mol. The minimum absolute atomic E-state index is 0.0348. The van der Waals surface area contributed by atoms with E-state index in [9.17, 15) is 35.9 Å². The van der Waals surface area contributed by atoms with Crippen LogP contribution in [0.25, 0.3) is 34.1 Å². The number of hydrogen-bond acceptors (Lipinski definition) is 12. The van der Waals surface area contributed by atoms with Crippen molar-refractivity contribution in [1.82, 2.24) is 34.2 Å². The standard InChI is InChI=1S/C42H25F6N11O3S2/c43-41(44,45)35-33(58-18-4-3-7-31(58)55-35)29-20-63-39(53-29)51-25-14-10-23(11-15-25)38(61)57-62-26-16-17-32-56-36(42(46,47)48)34(59(32)19-26)30-21-64-40(54-30)50-24-12-8-22(9-13-24)37(60)52-28-6-2-1-5-27(28)49/h1-10,12-14,16-21H,49H2,(H,50,54)(H,51,53)(H,52,60)(H,57,61). The third-order valence-corrected chi connectivity index (χ3v) is 10.8. The molecule has 3 aromatic carbocycles. The molecule has 6 heterocycles. The lowest BCUT2D eigenvalue weighted by Gasteiger charge is -2.09. The van der Waals surface area contributed by atoms with Crippen LogP contribution in [-0.2, 0) is 12.4 Å². The zero-order valence-corrected chi connectivity index (χ0v) is 33.7. The summed E-state index contributed by atoms with van der Waals surface area (Å²) in [5, 5.41) is 12.1. The minimum atomic E-state index is -4.87. The molecular formula is C42H25F6N11O3S2. The molecule has 64 heavy (non-hydrogen) atoms. The van der Waals surface area contributed by atoms with Crippen molar-refractivity contribution < 1.29 is 40.8 Å². The summed E-state index contributed by atoms with van der Waals surface area (Å²) in [6.45, 7) is 0. The number of benzene rings is 2. The molecule has 22 heteroatoms. The summed E-state index contributed by atoms with van der Waals surface area (Å²) in [6.07, 6.45) is -6.92. The molecule has 0 aliphatic carbocycles. The van der Waals surface area contributed by atoms with Gasteiger partial charge < -0.3 is 26.5 Å². The summed E-state index contributed by atoms with van der Waals surface area (Å²) in [4.78, 5) is 47.4. The quantitative estimate of drug-likeness (QED) is 0.0477. The van der Waals surface area contributed by atoms with Gasteiger partial charge in [-0.25, -0.2) is 19.9 Å². The number of alkyl halides is 6. The molecular weight excluding hydrogens is 885 g/mol. The lowest BCUT2D eigenvalue weighted by atomic mass is 10.2. The molecule has 0 saturated carbocycles. The van der Waals surface area contributed by atoms with Crippen LogP contribution in [0.5, 0.6) is 5.75 Å². The Balaban J connectivity index is 0.865. The van der Waals surface area contributed by atoms with Crippen molar-refractivity contribution in [3.05, 3.63) is 149 Å². The van der Waals surface area contributed by atoms with Gasteiger partial charge in [-0.1, -0.05) is 24.3 Å². The van der Waals surface area contributed by atoms with Crippen LogP contribution in [0.2, 0.25) is 0 Å². The van der Waals surface area contributed by atoms with Crippen molar-refractivity contribution in [1.29, 1.82) is 0 Å². The van der Waals surface area contributed by atoms with Gasteiger partial charge in [-0.05, 0) is 78.9 Å². The predicted molar refractivity (Wildman–Crippen MR) is 227 cm³/mol. The molecule has 6 aromatic heterocycles. The summed E-state index contributed by atoms with van der Waals surface area (Å²) < 4.78 is 87.1. The van der Waals surface area contributed by atoms with E-state index in [1.54, 1.807) is 60.7 Å². The van der Waals surface area contributed by atoms with Gasteiger partial charge in [0.1, 0.15) is 34.1 Å². The third-order valence-electron chi connectivity index (χ3n) is 9.26. The summed E-state index contributed by atoms with van der Waals surface area (Å²) in [6, 6.07) is 28.6. The Labute approximate surface area is 364 Å². The molecule has 0 spiro atoms. The van der Waals surface area contributed by atoms with Gasteiger partial charge in [-0.15, -0.1) is 22.7 Å². The predicted octanol–water partition coefficient (Wildman–Crippen LogP) is 9.91. The maximum Gasteiger partial charge on any atom is 0.435 e. The smallest absolute Gasteiger partial charge is 0.397 e. The molecule has 9 aromatic rings. The Hall–Kier alpha value is -8.16. The van der Waals surface area contributed by atoms with E-state index in [0.717, 1.165) is 27.1 Å². The van der Waals surface area contributed by atoms with Crippen molar-refractivity contribution in [2.75, 3.05) is 21.7 Å². The Bertz CT molecular complexity index is 3200. The number of fused-ring (bicyclic) bond motifs is 2. The van der Waals surface area contributed by atoms with Crippen molar-refractivity contribution in [2.45, 2.75) is 12.4 Å². The van der Waals surface area contributed by atoms with Crippen LogP contribution in [0, 0.1) is 12.1 Å². The van der Waals surface area contributed by atoms with Crippen LogP contribution in [0.4, 0.5) is 59.4 Å².